The molecule has 1 heterocycles. The predicted molar refractivity (Wildman–Crippen MR) is 116 cm³/mol. The minimum Gasteiger partial charge on any atom is -0.593 e. The van der Waals surface area contributed by atoms with Gasteiger partial charge in [-0.1, -0.05) is 34.1 Å². The fraction of sp³-hybridized carbons (Fsp3) is 0.100. The maximum absolute atomic E-state index is 12.3. The highest BCUT2D eigenvalue weighted by Crippen LogP contribution is 2.20. The number of carbonyl (C=O) groups excluding carboxylic acids is 1. The molecule has 2 aromatic carbocycles. The predicted octanol–water partition coefficient (Wildman–Crippen LogP) is 4.44. The summed E-state index contributed by atoms with van der Waals surface area (Å²) in [6.45, 7) is 0.419. The van der Waals surface area contributed by atoms with Crippen LogP contribution in [-0.4, -0.2) is 15.6 Å². The molecule has 3 aromatic rings. The van der Waals surface area contributed by atoms with E-state index in [2.05, 4.69) is 36.3 Å². The zero-order chi connectivity index (χ0) is 19.8. The highest BCUT2D eigenvalue weighted by atomic mass is 79.9. The summed E-state index contributed by atoms with van der Waals surface area (Å²) in [6, 6.07) is 18.1. The van der Waals surface area contributed by atoms with Crippen LogP contribution in [0.25, 0.3) is 0 Å². The van der Waals surface area contributed by atoms with Crippen LogP contribution in [0.15, 0.2) is 77.5 Å². The van der Waals surface area contributed by atoms with Gasteiger partial charge in [0.05, 0.1) is 17.0 Å². The van der Waals surface area contributed by atoms with Gasteiger partial charge in [0, 0.05) is 34.7 Å². The molecule has 3 rings (SSSR count). The summed E-state index contributed by atoms with van der Waals surface area (Å²) in [5, 5.41) is 5.54. The van der Waals surface area contributed by atoms with Crippen LogP contribution in [0.1, 0.15) is 11.1 Å². The van der Waals surface area contributed by atoms with Crippen molar-refractivity contribution in [2.75, 3.05) is 10.0 Å². The second-order valence-corrected chi connectivity index (χ2v) is 7.96. The molecule has 0 fully saturated rings. The first kappa shape index (κ1) is 20.2. The van der Waals surface area contributed by atoms with Gasteiger partial charge in [-0.05, 0) is 48.0 Å². The molecule has 0 radical (unpaired) electrons. The molecule has 3 N–H and O–H groups in total. The Hall–Kier alpha value is -2.55. The minimum absolute atomic E-state index is 0.296. The average Bonchev–Trinajstić information content (AvgIpc) is 2.70. The summed E-state index contributed by atoms with van der Waals surface area (Å²) in [5.74, 6) is 0.388. The van der Waals surface area contributed by atoms with Gasteiger partial charge >= 0.3 is 6.03 Å². The number of pyridine rings is 1. The lowest BCUT2D eigenvalue weighted by Crippen LogP contribution is -2.28. The zero-order valence-corrected chi connectivity index (χ0v) is 17.3. The monoisotopic (exact) mass is 458 g/mol. The maximum atomic E-state index is 12.3. The third kappa shape index (κ3) is 6.26. The Labute approximate surface area is 175 Å². The number of amides is 2. The summed E-state index contributed by atoms with van der Waals surface area (Å²) < 4.78 is 16.2. The lowest BCUT2D eigenvalue weighted by molar-refractivity contribution is 0.251. The number of benzene rings is 2. The Kier molecular flexibility index (Phi) is 7.30. The number of anilines is 2. The van der Waals surface area contributed by atoms with Gasteiger partial charge < -0.3 is 15.2 Å². The molecule has 0 aliphatic rings. The van der Waals surface area contributed by atoms with E-state index in [1.165, 1.54) is 0 Å². The van der Waals surface area contributed by atoms with E-state index in [0.29, 0.717) is 23.7 Å². The lowest BCUT2D eigenvalue weighted by atomic mass is 10.2. The molecule has 0 bridgehead atoms. The van der Waals surface area contributed by atoms with Gasteiger partial charge in [0.1, 0.15) is 0 Å². The zero-order valence-electron chi connectivity index (χ0n) is 14.9. The SMILES string of the molecule is O=C(NCc1ccncc1)Nc1ccc(N[S+]([O-])Cc2ccccc2Br)cc1. The van der Waals surface area contributed by atoms with E-state index in [9.17, 15) is 9.35 Å². The maximum Gasteiger partial charge on any atom is 0.319 e. The van der Waals surface area contributed by atoms with Gasteiger partial charge in [-0.2, -0.15) is 0 Å². The molecule has 2 amide bonds. The highest BCUT2D eigenvalue weighted by Gasteiger charge is 2.11. The first-order chi connectivity index (χ1) is 13.6. The molecule has 1 atom stereocenters. The normalized spacial score (nSPS) is 11.5. The summed E-state index contributed by atoms with van der Waals surface area (Å²) in [5.41, 5.74) is 3.30. The fourth-order valence-corrected chi connectivity index (χ4v) is 4.02. The number of halogens is 1. The van der Waals surface area contributed by atoms with Crippen molar-refractivity contribution < 1.29 is 9.35 Å². The average molecular weight is 459 g/mol. The van der Waals surface area contributed by atoms with Crippen LogP contribution in [0.3, 0.4) is 0 Å². The number of nitrogens with zero attached hydrogens (tertiary/aromatic N) is 1. The standard InChI is InChI=1S/C20H19BrN4O2S/c21-19-4-2-1-3-16(19)14-28(27)25-18-7-5-17(6-8-18)24-20(26)23-13-15-9-11-22-12-10-15/h1-12,25H,13-14H2,(H2,23,24,26). The van der Waals surface area contributed by atoms with Gasteiger partial charge in [-0.3, -0.25) is 4.98 Å². The molecule has 8 heteroatoms. The Balaban J connectivity index is 1.47. The Morgan fingerprint density at radius 2 is 1.68 bits per heavy atom. The fourth-order valence-electron chi connectivity index (χ4n) is 2.40. The number of carbonyl (C=O) groups is 1. The van der Waals surface area contributed by atoms with Crippen LogP contribution in [-0.2, 0) is 23.7 Å². The number of nitrogens with one attached hydrogen (secondary N) is 3. The number of hydrogen-bond donors (Lipinski definition) is 3. The summed E-state index contributed by atoms with van der Waals surface area (Å²) in [4.78, 5) is 15.9. The van der Waals surface area contributed by atoms with Crippen molar-refractivity contribution in [1.29, 1.82) is 0 Å². The van der Waals surface area contributed by atoms with E-state index in [1.54, 1.807) is 36.7 Å². The van der Waals surface area contributed by atoms with Gasteiger partial charge in [-0.25, -0.2) is 9.52 Å². The molecular weight excluding hydrogens is 440 g/mol. The first-order valence-electron chi connectivity index (χ1n) is 8.52. The van der Waals surface area contributed by atoms with Crippen molar-refractivity contribution in [2.45, 2.75) is 12.3 Å². The van der Waals surface area contributed by atoms with Crippen molar-refractivity contribution in [2.24, 2.45) is 0 Å². The number of hydrogen-bond acceptors (Lipinski definition) is 4. The van der Waals surface area contributed by atoms with Crippen LogP contribution in [0, 0.1) is 0 Å². The number of rotatable bonds is 7. The summed E-state index contributed by atoms with van der Waals surface area (Å²) in [7, 11) is 0. The molecule has 0 saturated carbocycles. The van der Waals surface area contributed by atoms with E-state index in [4.69, 9.17) is 0 Å². The van der Waals surface area contributed by atoms with Gasteiger partial charge in [-0.15, -0.1) is 0 Å². The van der Waals surface area contributed by atoms with Crippen LogP contribution >= 0.6 is 15.9 Å². The highest BCUT2D eigenvalue weighted by molar-refractivity contribution is 9.10. The van der Waals surface area contributed by atoms with Gasteiger partial charge in [0.15, 0.2) is 5.75 Å². The van der Waals surface area contributed by atoms with Crippen LogP contribution in [0.4, 0.5) is 16.2 Å². The quantitative estimate of drug-likeness (QED) is 0.456. The second-order valence-electron chi connectivity index (χ2n) is 5.92. The molecule has 0 aliphatic carbocycles. The number of aromatic nitrogens is 1. The van der Waals surface area contributed by atoms with Gasteiger partial charge in [0.25, 0.3) is 0 Å². The Bertz CT molecular complexity index is 910. The van der Waals surface area contributed by atoms with Crippen molar-refractivity contribution in [3.63, 3.8) is 0 Å². The van der Waals surface area contributed by atoms with E-state index in [0.717, 1.165) is 15.6 Å². The lowest BCUT2D eigenvalue weighted by Gasteiger charge is -2.13. The van der Waals surface area contributed by atoms with Crippen LogP contribution in [0.5, 0.6) is 0 Å². The summed E-state index contributed by atoms with van der Waals surface area (Å²) in [6.07, 6.45) is 3.36. The molecule has 0 aliphatic heterocycles. The molecular formula is C20H19BrN4O2S. The molecule has 28 heavy (non-hydrogen) atoms. The van der Waals surface area contributed by atoms with Crippen molar-refractivity contribution >= 4 is 44.7 Å². The van der Waals surface area contributed by atoms with Crippen molar-refractivity contribution in [1.82, 2.24) is 10.3 Å². The largest absolute Gasteiger partial charge is 0.593 e. The van der Waals surface area contributed by atoms with E-state index in [1.807, 2.05) is 36.4 Å². The minimum atomic E-state index is -1.26. The van der Waals surface area contributed by atoms with Crippen LogP contribution in [0.2, 0.25) is 0 Å². The van der Waals surface area contributed by atoms with E-state index < -0.39 is 11.4 Å². The molecule has 0 spiro atoms. The second kappa shape index (κ2) is 10.1. The molecule has 144 valence electrons. The Morgan fingerprint density at radius 3 is 2.39 bits per heavy atom. The smallest absolute Gasteiger partial charge is 0.319 e. The number of urea groups is 1. The Morgan fingerprint density at radius 1 is 1.00 bits per heavy atom. The van der Waals surface area contributed by atoms with E-state index >= 15 is 0 Å². The van der Waals surface area contributed by atoms with Gasteiger partial charge in [0.2, 0.25) is 0 Å². The third-order valence-electron chi connectivity index (χ3n) is 3.82. The molecule has 6 nitrogen and oxygen atoms in total. The summed E-state index contributed by atoms with van der Waals surface area (Å²) >= 11 is 2.20. The van der Waals surface area contributed by atoms with Crippen molar-refractivity contribution in [3.05, 3.63) is 88.7 Å². The molecule has 1 unspecified atom stereocenters. The molecule has 0 saturated heterocycles. The molecule has 1 aromatic heterocycles. The topological polar surface area (TPSA) is 89.1 Å². The third-order valence-corrected chi connectivity index (χ3v) is 5.63. The van der Waals surface area contributed by atoms with Crippen LogP contribution < -0.4 is 15.4 Å². The first-order valence-corrected chi connectivity index (χ1v) is 10.6. The van der Waals surface area contributed by atoms with Crippen molar-refractivity contribution in [3.8, 4) is 0 Å². The van der Waals surface area contributed by atoms with E-state index in [-0.39, 0.29) is 6.03 Å².